The van der Waals surface area contributed by atoms with E-state index in [1.165, 1.54) is 44.0 Å². The predicted octanol–water partition coefficient (Wildman–Crippen LogP) is 6.49. The Morgan fingerprint density at radius 1 is 1.30 bits per heavy atom. The molecular weight excluding hydrogens is 280 g/mol. The summed E-state index contributed by atoms with van der Waals surface area (Å²) in [5, 5.41) is 0. The van der Waals surface area contributed by atoms with Crippen LogP contribution in [0.5, 0.6) is 0 Å². The van der Waals surface area contributed by atoms with Crippen molar-refractivity contribution in [1.29, 1.82) is 0 Å². The molecule has 0 bridgehead atoms. The summed E-state index contributed by atoms with van der Waals surface area (Å²) in [6.45, 7) is 13.9. The van der Waals surface area contributed by atoms with Gasteiger partial charge in [-0.1, -0.05) is 43.6 Å². The van der Waals surface area contributed by atoms with E-state index in [1.807, 2.05) is 0 Å². The number of fused-ring (bicyclic) bond motifs is 1. The highest BCUT2D eigenvalue weighted by Gasteiger charge is 2.58. The molecule has 130 valence electrons. The van der Waals surface area contributed by atoms with E-state index in [0.717, 1.165) is 12.8 Å². The maximum atomic E-state index is 11.9. The lowest BCUT2D eigenvalue weighted by Crippen LogP contribution is -2.43. The normalized spacial score (nSPS) is 35.0. The molecule has 0 aliphatic heterocycles. The Bertz CT molecular complexity index is 508. The zero-order chi connectivity index (χ0) is 17.3. The summed E-state index contributed by atoms with van der Waals surface area (Å²) in [5.41, 5.74) is 5.30. The van der Waals surface area contributed by atoms with E-state index in [1.54, 1.807) is 11.1 Å². The summed E-state index contributed by atoms with van der Waals surface area (Å²) in [5.74, 6) is 0.791. The third kappa shape index (κ3) is 3.08. The van der Waals surface area contributed by atoms with Crippen molar-refractivity contribution in [1.82, 2.24) is 0 Å². The SMILES string of the molecule is CCC1=C(C)CCC2(C)C(C(C=O)CCC=C(C)C)CCC12C. The van der Waals surface area contributed by atoms with Gasteiger partial charge in [0, 0.05) is 5.92 Å². The molecular formula is C22H36O. The molecule has 0 heterocycles. The summed E-state index contributed by atoms with van der Waals surface area (Å²) in [6.07, 6.45) is 11.8. The quantitative estimate of drug-likeness (QED) is 0.404. The molecule has 1 nitrogen and oxygen atoms in total. The van der Waals surface area contributed by atoms with Crippen molar-refractivity contribution >= 4 is 6.29 Å². The molecule has 1 heteroatoms. The molecule has 1 fully saturated rings. The van der Waals surface area contributed by atoms with E-state index in [0.29, 0.717) is 16.7 Å². The molecule has 0 aromatic carbocycles. The van der Waals surface area contributed by atoms with Crippen LogP contribution in [0.4, 0.5) is 0 Å². The minimum atomic E-state index is 0.230. The standard InChI is InChI=1S/C22H36O/c1-7-19-17(4)11-13-22(6)20(12-14-21(19,22)5)18(15-23)10-8-9-16(2)3/h9,15,18,20H,7-8,10-14H2,1-6H3. The summed E-state index contributed by atoms with van der Waals surface area (Å²) in [4.78, 5) is 11.9. The second-order valence-electron chi connectivity index (χ2n) is 8.67. The molecule has 23 heavy (non-hydrogen) atoms. The first-order valence-electron chi connectivity index (χ1n) is 9.58. The van der Waals surface area contributed by atoms with E-state index in [9.17, 15) is 4.79 Å². The average molecular weight is 317 g/mol. The molecule has 0 N–H and O–H groups in total. The van der Waals surface area contributed by atoms with Crippen LogP contribution in [0.3, 0.4) is 0 Å². The minimum absolute atomic E-state index is 0.230. The van der Waals surface area contributed by atoms with Gasteiger partial charge in [-0.25, -0.2) is 0 Å². The Hall–Kier alpha value is -0.850. The van der Waals surface area contributed by atoms with Crippen molar-refractivity contribution in [3.05, 3.63) is 22.8 Å². The summed E-state index contributed by atoms with van der Waals surface area (Å²) in [6, 6.07) is 0. The van der Waals surface area contributed by atoms with E-state index >= 15 is 0 Å². The van der Waals surface area contributed by atoms with Gasteiger partial charge in [0.2, 0.25) is 0 Å². The highest BCUT2D eigenvalue weighted by molar-refractivity contribution is 5.55. The fraction of sp³-hybridized carbons (Fsp3) is 0.773. The molecule has 4 atom stereocenters. The van der Waals surface area contributed by atoms with Crippen molar-refractivity contribution in [2.45, 2.75) is 86.5 Å². The highest BCUT2D eigenvalue weighted by atomic mass is 16.1. The summed E-state index contributed by atoms with van der Waals surface area (Å²) in [7, 11) is 0. The Labute approximate surface area is 143 Å². The largest absolute Gasteiger partial charge is 0.303 e. The molecule has 1 saturated carbocycles. The van der Waals surface area contributed by atoms with Crippen LogP contribution in [-0.2, 0) is 4.79 Å². The van der Waals surface area contributed by atoms with E-state index < -0.39 is 0 Å². The van der Waals surface area contributed by atoms with Gasteiger partial charge in [0.1, 0.15) is 6.29 Å². The summed E-state index contributed by atoms with van der Waals surface area (Å²) >= 11 is 0. The first-order valence-corrected chi connectivity index (χ1v) is 9.58. The van der Waals surface area contributed by atoms with Gasteiger partial charge in [-0.2, -0.15) is 0 Å². The highest BCUT2D eigenvalue weighted by Crippen LogP contribution is 2.67. The maximum absolute atomic E-state index is 11.9. The number of carbonyl (C=O) groups is 1. The third-order valence-electron chi connectivity index (χ3n) is 7.33. The van der Waals surface area contributed by atoms with E-state index in [2.05, 4.69) is 47.6 Å². The van der Waals surface area contributed by atoms with Crippen LogP contribution in [0, 0.1) is 22.7 Å². The topological polar surface area (TPSA) is 17.1 Å². The molecule has 2 aliphatic rings. The van der Waals surface area contributed by atoms with Gasteiger partial charge in [-0.15, -0.1) is 0 Å². The van der Waals surface area contributed by atoms with E-state index in [4.69, 9.17) is 0 Å². The number of hydrogen-bond acceptors (Lipinski definition) is 1. The van der Waals surface area contributed by atoms with Crippen LogP contribution in [0.1, 0.15) is 86.5 Å². The van der Waals surface area contributed by atoms with Gasteiger partial charge >= 0.3 is 0 Å². The molecule has 2 rings (SSSR count). The van der Waals surface area contributed by atoms with Gasteiger partial charge in [0.05, 0.1) is 0 Å². The number of allylic oxidation sites excluding steroid dienone is 4. The maximum Gasteiger partial charge on any atom is 0.123 e. The van der Waals surface area contributed by atoms with Gasteiger partial charge in [-0.05, 0) is 82.5 Å². The molecule has 0 aromatic rings. The lowest BCUT2D eigenvalue weighted by atomic mass is 9.53. The molecule has 0 spiro atoms. The van der Waals surface area contributed by atoms with Crippen molar-refractivity contribution in [2.75, 3.05) is 0 Å². The molecule has 4 unspecified atom stereocenters. The number of carbonyl (C=O) groups excluding carboxylic acids is 1. The van der Waals surface area contributed by atoms with Crippen LogP contribution < -0.4 is 0 Å². The Morgan fingerprint density at radius 3 is 2.57 bits per heavy atom. The smallest absolute Gasteiger partial charge is 0.123 e. The fourth-order valence-corrected chi connectivity index (χ4v) is 5.79. The van der Waals surface area contributed by atoms with Crippen molar-refractivity contribution in [3.8, 4) is 0 Å². The molecule has 0 amide bonds. The molecule has 0 aromatic heterocycles. The zero-order valence-electron chi connectivity index (χ0n) is 16.2. The van der Waals surface area contributed by atoms with Crippen molar-refractivity contribution < 1.29 is 4.79 Å². The Kier molecular flexibility index (Phi) is 5.59. The Morgan fingerprint density at radius 2 is 2.00 bits per heavy atom. The zero-order valence-corrected chi connectivity index (χ0v) is 16.2. The molecule has 2 aliphatic carbocycles. The first kappa shape index (κ1) is 18.5. The van der Waals surface area contributed by atoms with Crippen LogP contribution in [0.15, 0.2) is 22.8 Å². The number of aldehydes is 1. The average Bonchev–Trinajstić information content (AvgIpc) is 2.76. The van der Waals surface area contributed by atoms with Crippen LogP contribution in [0.25, 0.3) is 0 Å². The second-order valence-corrected chi connectivity index (χ2v) is 8.67. The fourth-order valence-electron chi connectivity index (χ4n) is 5.79. The van der Waals surface area contributed by atoms with Gasteiger partial charge in [0.15, 0.2) is 0 Å². The van der Waals surface area contributed by atoms with E-state index in [-0.39, 0.29) is 5.92 Å². The van der Waals surface area contributed by atoms with Crippen molar-refractivity contribution in [2.24, 2.45) is 22.7 Å². The predicted molar refractivity (Wildman–Crippen MR) is 99.4 cm³/mol. The lowest BCUT2D eigenvalue weighted by Gasteiger charge is -2.51. The second kappa shape index (κ2) is 6.95. The molecule has 0 saturated heterocycles. The monoisotopic (exact) mass is 316 g/mol. The summed E-state index contributed by atoms with van der Waals surface area (Å²) < 4.78 is 0. The number of hydrogen-bond donors (Lipinski definition) is 0. The van der Waals surface area contributed by atoms with Gasteiger partial charge < -0.3 is 4.79 Å². The lowest BCUT2D eigenvalue weighted by molar-refractivity contribution is -0.115. The third-order valence-corrected chi connectivity index (χ3v) is 7.33. The number of rotatable bonds is 6. The van der Waals surface area contributed by atoms with Gasteiger partial charge in [0.25, 0.3) is 0 Å². The molecule has 0 radical (unpaired) electrons. The van der Waals surface area contributed by atoms with Crippen molar-refractivity contribution in [3.63, 3.8) is 0 Å². The first-order chi connectivity index (χ1) is 10.8. The van der Waals surface area contributed by atoms with Crippen LogP contribution in [-0.4, -0.2) is 6.29 Å². The minimum Gasteiger partial charge on any atom is -0.303 e. The van der Waals surface area contributed by atoms with Gasteiger partial charge in [-0.3, -0.25) is 0 Å². The Balaban J connectivity index is 2.26. The van der Waals surface area contributed by atoms with Crippen LogP contribution in [0.2, 0.25) is 0 Å². The van der Waals surface area contributed by atoms with Crippen LogP contribution >= 0.6 is 0 Å².